The number of benzene rings is 1. The second-order valence-corrected chi connectivity index (χ2v) is 6.78. The van der Waals surface area contributed by atoms with Crippen LogP contribution < -0.4 is 20.5 Å². The van der Waals surface area contributed by atoms with Crippen LogP contribution in [-0.4, -0.2) is 38.8 Å². The molecule has 0 saturated heterocycles. The van der Waals surface area contributed by atoms with Gasteiger partial charge in [0.1, 0.15) is 17.4 Å². The van der Waals surface area contributed by atoms with Crippen LogP contribution >= 0.6 is 23.2 Å². The number of aryl methyl sites for hydroxylation is 2. The summed E-state index contributed by atoms with van der Waals surface area (Å²) in [5, 5.41) is 11.6. The number of ether oxygens (including phenoxy) is 2. The Kier molecular flexibility index (Phi) is 6.63. The monoisotopic (exact) mass is 438 g/mol. The standard InChI is InChI=1S/C18H20Cl2N6O3/c1-3-26-10-14(20)17(24-26)29-18(27)23-11-4-5-15(28-7-6-21)12(8-11)16-13(19)9-22-25(16)2/h4-5,8-10H,3,6-7,21H2,1-2H3,(H,23,27). The molecule has 29 heavy (non-hydrogen) atoms. The molecule has 0 aliphatic heterocycles. The minimum atomic E-state index is -0.731. The van der Waals surface area contributed by atoms with Crippen molar-refractivity contribution in [1.29, 1.82) is 0 Å². The van der Waals surface area contributed by atoms with Gasteiger partial charge >= 0.3 is 6.09 Å². The Morgan fingerprint density at radius 3 is 2.72 bits per heavy atom. The van der Waals surface area contributed by atoms with Crippen LogP contribution in [0.3, 0.4) is 0 Å². The quantitative estimate of drug-likeness (QED) is 0.583. The van der Waals surface area contributed by atoms with Crippen LogP contribution in [0, 0.1) is 0 Å². The molecule has 0 fully saturated rings. The summed E-state index contributed by atoms with van der Waals surface area (Å²) in [4.78, 5) is 12.3. The van der Waals surface area contributed by atoms with Gasteiger partial charge in [-0.2, -0.15) is 5.10 Å². The zero-order valence-electron chi connectivity index (χ0n) is 15.9. The Morgan fingerprint density at radius 1 is 1.31 bits per heavy atom. The minimum absolute atomic E-state index is 0.0313. The number of anilines is 1. The fraction of sp³-hybridized carbons (Fsp3) is 0.278. The topological polar surface area (TPSA) is 109 Å². The fourth-order valence-electron chi connectivity index (χ4n) is 2.64. The lowest BCUT2D eigenvalue weighted by molar-refractivity contribution is 0.213. The number of amides is 1. The largest absolute Gasteiger partial charge is 0.492 e. The molecule has 2 heterocycles. The van der Waals surface area contributed by atoms with Gasteiger partial charge in [-0.05, 0) is 25.1 Å². The van der Waals surface area contributed by atoms with Crippen LogP contribution in [0.15, 0.2) is 30.6 Å². The number of carbonyl (C=O) groups is 1. The van der Waals surface area contributed by atoms with Crippen molar-refractivity contribution < 1.29 is 14.3 Å². The first kappa shape index (κ1) is 21.0. The van der Waals surface area contributed by atoms with E-state index in [2.05, 4.69) is 15.5 Å². The summed E-state index contributed by atoms with van der Waals surface area (Å²) in [6.45, 7) is 3.18. The number of rotatable bonds is 7. The van der Waals surface area contributed by atoms with Crippen LogP contribution in [0.4, 0.5) is 10.5 Å². The summed E-state index contributed by atoms with van der Waals surface area (Å²) in [5.74, 6) is 0.591. The third-order valence-corrected chi connectivity index (χ3v) is 4.49. The predicted molar refractivity (Wildman–Crippen MR) is 111 cm³/mol. The molecule has 3 rings (SSSR count). The maximum absolute atomic E-state index is 12.3. The van der Waals surface area contributed by atoms with Gasteiger partial charge in [0.2, 0.25) is 0 Å². The highest BCUT2D eigenvalue weighted by Crippen LogP contribution is 2.36. The van der Waals surface area contributed by atoms with Gasteiger partial charge in [0.25, 0.3) is 5.88 Å². The average molecular weight is 439 g/mol. The van der Waals surface area contributed by atoms with Crippen molar-refractivity contribution in [3.8, 4) is 22.9 Å². The molecule has 0 unspecified atom stereocenters. The molecule has 0 radical (unpaired) electrons. The first-order valence-electron chi connectivity index (χ1n) is 8.79. The van der Waals surface area contributed by atoms with Crippen molar-refractivity contribution in [1.82, 2.24) is 19.6 Å². The molecule has 11 heteroatoms. The molecule has 1 amide bonds. The maximum atomic E-state index is 12.3. The van der Waals surface area contributed by atoms with Crippen molar-refractivity contribution >= 4 is 35.0 Å². The fourth-order valence-corrected chi connectivity index (χ4v) is 3.10. The van der Waals surface area contributed by atoms with Gasteiger partial charge in [0.05, 0.1) is 16.9 Å². The van der Waals surface area contributed by atoms with Gasteiger partial charge in [0.15, 0.2) is 0 Å². The normalized spacial score (nSPS) is 10.8. The SMILES string of the molecule is CCn1cc(Cl)c(OC(=O)Nc2ccc(OCCN)c(-c3c(Cl)cnn3C)c2)n1. The molecule has 0 spiro atoms. The highest BCUT2D eigenvalue weighted by molar-refractivity contribution is 6.33. The second kappa shape index (κ2) is 9.17. The molecule has 1 aromatic carbocycles. The third-order valence-electron chi connectivity index (χ3n) is 3.95. The molecule has 3 N–H and O–H groups in total. The molecule has 0 atom stereocenters. The molecule has 2 aromatic heterocycles. The molecule has 0 aliphatic carbocycles. The molecule has 0 saturated carbocycles. The lowest BCUT2D eigenvalue weighted by atomic mass is 10.1. The van der Waals surface area contributed by atoms with E-state index in [0.29, 0.717) is 47.4 Å². The Labute approximate surface area is 177 Å². The number of nitrogens with zero attached hydrogens (tertiary/aromatic N) is 4. The van der Waals surface area contributed by atoms with E-state index in [1.807, 2.05) is 6.92 Å². The van der Waals surface area contributed by atoms with Crippen molar-refractivity contribution in [2.45, 2.75) is 13.5 Å². The van der Waals surface area contributed by atoms with E-state index >= 15 is 0 Å². The van der Waals surface area contributed by atoms with E-state index in [1.54, 1.807) is 40.8 Å². The van der Waals surface area contributed by atoms with Crippen LogP contribution in [-0.2, 0) is 13.6 Å². The maximum Gasteiger partial charge on any atom is 0.418 e. The van der Waals surface area contributed by atoms with Crippen LogP contribution in [0.2, 0.25) is 10.0 Å². The molecule has 0 bridgehead atoms. The van der Waals surface area contributed by atoms with Crippen LogP contribution in [0.1, 0.15) is 6.92 Å². The summed E-state index contributed by atoms with van der Waals surface area (Å²) < 4.78 is 14.1. The van der Waals surface area contributed by atoms with Gasteiger partial charge in [-0.15, -0.1) is 5.10 Å². The van der Waals surface area contributed by atoms with E-state index in [4.69, 9.17) is 38.4 Å². The number of hydrogen-bond donors (Lipinski definition) is 2. The van der Waals surface area contributed by atoms with Gasteiger partial charge < -0.3 is 15.2 Å². The molecule has 9 nitrogen and oxygen atoms in total. The summed E-state index contributed by atoms with van der Waals surface area (Å²) in [7, 11) is 1.76. The highest BCUT2D eigenvalue weighted by atomic mass is 35.5. The summed E-state index contributed by atoms with van der Waals surface area (Å²) in [5.41, 5.74) is 7.29. The number of hydrogen-bond acceptors (Lipinski definition) is 6. The summed E-state index contributed by atoms with van der Waals surface area (Å²) >= 11 is 12.3. The van der Waals surface area contributed by atoms with Gasteiger partial charge in [-0.25, -0.2) is 4.79 Å². The van der Waals surface area contributed by atoms with Crippen molar-refractivity contribution in [3.63, 3.8) is 0 Å². The van der Waals surface area contributed by atoms with Gasteiger partial charge in [-0.1, -0.05) is 23.2 Å². The van der Waals surface area contributed by atoms with Crippen molar-refractivity contribution in [2.24, 2.45) is 12.8 Å². The Bertz CT molecular complexity index is 998. The molecule has 0 aliphatic rings. The van der Waals surface area contributed by atoms with E-state index in [-0.39, 0.29) is 10.9 Å². The van der Waals surface area contributed by atoms with Gasteiger partial charge in [0, 0.05) is 37.6 Å². The summed E-state index contributed by atoms with van der Waals surface area (Å²) in [6.07, 6.45) is 2.38. The summed E-state index contributed by atoms with van der Waals surface area (Å²) in [6, 6.07) is 5.10. The van der Waals surface area contributed by atoms with Crippen LogP contribution in [0.25, 0.3) is 11.3 Å². The lowest BCUT2D eigenvalue weighted by Crippen LogP contribution is -2.17. The molecule has 3 aromatic rings. The molecular formula is C18H20Cl2N6O3. The number of carbonyl (C=O) groups excluding carboxylic acids is 1. The van der Waals surface area contributed by atoms with Crippen molar-refractivity contribution in [2.75, 3.05) is 18.5 Å². The Balaban J connectivity index is 1.85. The van der Waals surface area contributed by atoms with E-state index in [9.17, 15) is 4.79 Å². The zero-order valence-corrected chi connectivity index (χ0v) is 17.4. The average Bonchev–Trinajstić information content (AvgIpc) is 3.22. The number of halogens is 2. The van der Waals surface area contributed by atoms with Crippen LogP contribution in [0.5, 0.6) is 11.6 Å². The Morgan fingerprint density at radius 2 is 2.10 bits per heavy atom. The molecule has 154 valence electrons. The number of nitrogens with two attached hydrogens (primary N) is 1. The smallest absolute Gasteiger partial charge is 0.418 e. The minimum Gasteiger partial charge on any atom is -0.492 e. The Hall–Kier alpha value is -2.75. The number of aromatic nitrogens is 4. The predicted octanol–water partition coefficient (Wildman–Crippen LogP) is 3.56. The number of nitrogens with one attached hydrogen (secondary N) is 1. The van der Waals surface area contributed by atoms with Gasteiger partial charge in [-0.3, -0.25) is 14.7 Å². The lowest BCUT2D eigenvalue weighted by Gasteiger charge is -2.14. The third kappa shape index (κ3) is 4.81. The first-order valence-corrected chi connectivity index (χ1v) is 9.55. The second-order valence-electron chi connectivity index (χ2n) is 5.97. The van der Waals surface area contributed by atoms with E-state index in [0.717, 1.165) is 0 Å². The zero-order chi connectivity index (χ0) is 21.0. The van der Waals surface area contributed by atoms with Crippen molar-refractivity contribution in [3.05, 3.63) is 40.6 Å². The molecular weight excluding hydrogens is 419 g/mol. The highest BCUT2D eigenvalue weighted by Gasteiger charge is 2.18. The first-order chi connectivity index (χ1) is 13.9. The van der Waals surface area contributed by atoms with E-state index < -0.39 is 6.09 Å². The van der Waals surface area contributed by atoms with E-state index in [1.165, 1.54) is 6.20 Å².